The van der Waals surface area contributed by atoms with E-state index in [1.807, 2.05) is 19.1 Å². The Morgan fingerprint density at radius 2 is 1.87 bits per heavy atom. The highest BCUT2D eigenvalue weighted by atomic mass is 19.4. The number of carbonyl (C=O) groups excluding carboxylic acids is 1. The van der Waals surface area contributed by atoms with Gasteiger partial charge in [0.15, 0.2) is 0 Å². The summed E-state index contributed by atoms with van der Waals surface area (Å²) in [6.07, 6.45) is 1.71. The first-order valence-electron chi connectivity index (χ1n) is 11.5. The zero-order chi connectivity index (χ0) is 27.5. The molecule has 1 aromatic carbocycles. The quantitative estimate of drug-likeness (QED) is 0.257. The third-order valence-electron chi connectivity index (χ3n) is 5.37. The Morgan fingerprint density at radius 1 is 1.11 bits per heavy atom. The largest absolute Gasteiger partial charge is 0.433 e. The van der Waals surface area contributed by atoms with Gasteiger partial charge in [0.1, 0.15) is 11.5 Å². The number of ether oxygens (including phenoxy) is 1. The van der Waals surface area contributed by atoms with Crippen molar-refractivity contribution in [2.75, 3.05) is 30.9 Å². The number of nitrogens with zero attached hydrogens (tertiary/aromatic N) is 4. The van der Waals surface area contributed by atoms with E-state index < -0.39 is 17.8 Å². The molecule has 198 valence electrons. The van der Waals surface area contributed by atoms with Crippen LogP contribution in [0.2, 0.25) is 0 Å². The minimum atomic E-state index is -4.64. The first kappa shape index (κ1) is 28.2. The molecule has 2 aromatic heterocycles. The maximum absolute atomic E-state index is 12.9. The molecule has 0 fully saturated rings. The van der Waals surface area contributed by atoms with Gasteiger partial charge in [0.2, 0.25) is 0 Å². The van der Waals surface area contributed by atoms with Crippen LogP contribution in [0.5, 0.6) is 0 Å². The highest BCUT2D eigenvalue weighted by Gasteiger charge is 2.32. The van der Waals surface area contributed by atoms with Gasteiger partial charge in [-0.1, -0.05) is 6.07 Å². The van der Waals surface area contributed by atoms with Gasteiger partial charge in [-0.25, -0.2) is 4.98 Å². The van der Waals surface area contributed by atoms with E-state index in [4.69, 9.17) is 4.74 Å². The van der Waals surface area contributed by atoms with Crippen molar-refractivity contribution in [2.24, 2.45) is 9.98 Å². The number of aliphatic imine (C=N–C) groups is 2. The summed E-state index contributed by atoms with van der Waals surface area (Å²) >= 11 is 0. The Hall–Kier alpha value is -4.38. The molecule has 3 rings (SSSR count). The van der Waals surface area contributed by atoms with Crippen LogP contribution in [-0.4, -0.2) is 49.1 Å². The molecule has 1 amide bonds. The molecule has 0 aliphatic heterocycles. The number of anilines is 2. The maximum atomic E-state index is 12.9. The smallest absolute Gasteiger partial charge is 0.383 e. The number of amides is 1. The van der Waals surface area contributed by atoms with Crippen LogP contribution in [0.4, 0.5) is 24.7 Å². The van der Waals surface area contributed by atoms with Crippen molar-refractivity contribution in [1.29, 1.82) is 0 Å². The van der Waals surface area contributed by atoms with E-state index in [2.05, 4.69) is 37.3 Å². The van der Waals surface area contributed by atoms with Gasteiger partial charge in [-0.15, -0.1) is 0 Å². The van der Waals surface area contributed by atoms with Crippen molar-refractivity contribution in [3.63, 3.8) is 0 Å². The lowest BCUT2D eigenvalue weighted by Gasteiger charge is -2.10. The number of hydrogen-bond donors (Lipinski definition) is 2. The second kappa shape index (κ2) is 13.2. The SMILES string of the molecule is C=N/C(=C\N=CCc1cc(NC(=O)c2ccnc(C(F)(F)F)c2)ccc1C)c1ccnc(NCCOC)c1. The van der Waals surface area contributed by atoms with Gasteiger partial charge in [0, 0.05) is 55.5 Å². The van der Waals surface area contributed by atoms with E-state index in [9.17, 15) is 18.0 Å². The maximum Gasteiger partial charge on any atom is 0.433 e. The van der Waals surface area contributed by atoms with Crippen molar-refractivity contribution in [3.05, 3.63) is 89.0 Å². The van der Waals surface area contributed by atoms with Gasteiger partial charge >= 0.3 is 6.18 Å². The van der Waals surface area contributed by atoms with E-state index >= 15 is 0 Å². The highest BCUT2D eigenvalue weighted by Crippen LogP contribution is 2.28. The van der Waals surface area contributed by atoms with Crippen LogP contribution >= 0.6 is 0 Å². The Kier molecular flexibility index (Phi) is 9.83. The second-order valence-corrected chi connectivity index (χ2v) is 8.08. The fraction of sp³-hybridized carbons (Fsp3) is 0.222. The molecule has 0 radical (unpaired) electrons. The lowest BCUT2D eigenvalue weighted by atomic mass is 10.1. The monoisotopic (exact) mass is 524 g/mol. The Labute approximate surface area is 218 Å². The van der Waals surface area contributed by atoms with Gasteiger partial charge in [-0.05, 0) is 61.2 Å². The third-order valence-corrected chi connectivity index (χ3v) is 5.37. The van der Waals surface area contributed by atoms with Crippen LogP contribution in [-0.2, 0) is 17.3 Å². The summed E-state index contributed by atoms with van der Waals surface area (Å²) < 4.78 is 43.8. The van der Waals surface area contributed by atoms with Gasteiger partial charge in [0.05, 0.1) is 18.5 Å². The topological polar surface area (TPSA) is 101 Å². The van der Waals surface area contributed by atoms with Gasteiger partial charge in [-0.3, -0.25) is 19.8 Å². The molecule has 0 atom stereocenters. The van der Waals surface area contributed by atoms with Crippen LogP contribution in [0.1, 0.15) is 32.7 Å². The molecular weight excluding hydrogens is 497 g/mol. The number of methoxy groups -OCH3 is 1. The lowest BCUT2D eigenvalue weighted by molar-refractivity contribution is -0.141. The summed E-state index contributed by atoms with van der Waals surface area (Å²) in [5, 5.41) is 5.79. The summed E-state index contributed by atoms with van der Waals surface area (Å²) in [4.78, 5) is 28.5. The van der Waals surface area contributed by atoms with Crippen LogP contribution in [0, 0.1) is 6.92 Å². The zero-order valence-corrected chi connectivity index (χ0v) is 20.9. The van der Waals surface area contributed by atoms with Crippen molar-refractivity contribution in [2.45, 2.75) is 19.5 Å². The number of pyridine rings is 2. The lowest BCUT2D eigenvalue weighted by Crippen LogP contribution is -2.15. The van der Waals surface area contributed by atoms with Gasteiger partial charge in [-0.2, -0.15) is 13.2 Å². The molecule has 0 saturated heterocycles. The molecule has 2 heterocycles. The number of halogens is 3. The average Bonchev–Trinajstić information content (AvgIpc) is 2.90. The molecular formula is C27H27F3N6O2. The van der Waals surface area contributed by atoms with Crippen molar-refractivity contribution >= 4 is 36.0 Å². The summed E-state index contributed by atoms with van der Waals surface area (Å²) in [6.45, 7) is 6.69. The third kappa shape index (κ3) is 8.07. The van der Waals surface area contributed by atoms with Crippen LogP contribution < -0.4 is 10.6 Å². The Balaban J connectivity index is 1.68. The van der Waals surface area contributed by atoms with Crippen LogP contribution in [0.3, 0.4) is 0 Å². The fourth-order valence-corrected chi connectivity index (χ4v) is 3.35. The Bertz CT molecular complexity index is 1340. The van der Waals surface area contributed by atoms with Crippen molar-refractivity contribution in [1.82, 2.24) is 9.97 Å². The minimum absolute atomic E-state index is 0.140. The number of alkyl halides is 3. The van der Waals surface area contributed by atoms with E-state index in [1.54, 1.807) is 43.9 Å². The average molecular weight is 525 g/mol. The summed E-state index contributed by atoms with van der Waals surface area (Å²) in [5.41, 5.74) is 2.38. The number of benzene rings is 1. The van der Waals surface area contributed by atoms with Crippen molar-refractivity contribution < 1.29 is 22.7 Å². The number of nitrogens with one attached hydrogen (secondary N) is 2. The number of rotatable bonds is 11. The highest BCUT2D eigenvalue weighted by molar-refractivity contribution is 6.04. The summed E-state index contributed by atoms with van der Waals surface area (Å²) in [7, 11) is 1.62. The summed E-state index contributed by atoms with van der Waals surface area (Å²) in [5.74, 6) is 0.00777. The zero-order valence-electron chi connectivity index (χ0n) is 20.9. The number of aromatic nitrogens is 2. The van der Waals surface area contributed by atoms with E-state index in [1.165, 1.54) is 6.07 Å². The molecule has 2 N–H and O–H groups in total. The fourth-order valence-electron chi connectivity index (χ4n) is 3.35. The van der Waals surface area contributed by atoms with Crippen LogP contribution in [0.25, 0.3) is 5.70 Å². The molecule has 3 aromatic rings. The Morgan fingerprint density at radius 3 is 2.61 bits per heavy atom. The predicted molar refractivity (Wildman–Crippen MR) is 143 cm³/mol. The normalized spacial score (nSPS) is 12.0. The second-order valence-electron chi connectivity index (χ2n) is 8.08. The molecule has 0 unspecified atom stereocenters. The minimum Gasteiger partial charge on any atom is -0.383 e. The predicted octanol–water partition coefficient (Wildman–Crippen LogP) is 5.43. The number of carbonyl (C=O) groups is 1. The van der Waals surface area contributed by atoms with E-state index in [0.29, 0.717) is 36.8 Å². The number of aryl methyl sites for hydroxylation is 1. The number of hydrogen-bond acceptors (Lipinski definition) is 7. The van der Waals surface area contributed by atoms with Crippen molar-refractivity contribution in [3.8, 4) is 0 Å². The molecule has 38 heavy (non-hydrogen) atoms. The molecule has 0 bridgehead atoms. The van der Waals surface area contributed by atoms with E-state index in [-0.39, 0.29) is 5.56 Å². The first-order chi connectivity index (χ1) is 18.2. The summed E-state index contributed by atoms with van der Waals surface area (Å²) in [6, 6.07) is 10.8. The molecule has 8 nitrogen and oxygen atoms in total. The molecule has 0 spiro atoms. The first-order valence-corrected chi connectivity index (χ1v) is 11.5. The molecule has 11 heteroatoms. The van der Waals surface area contributed by atoms with Gasteiger partial charge in [0.25, 0.3) is 5.91 Å². The molecule has 0 aliphatic carbocycles. The van der Waals surface area contributed by atoms with Gasteiger partial charge < -0.3 is 15.4 Å². The molecule has 0 saturated carbocycles. The van der Waals surface area contributed by atoms with Crippen LogP contribution in [0.15, 0.2) is 71.0 Å². The van der Waals surface area contributed by atoms with E-state index in [0.717, 1.165) is 29.0 Å². The standard InChI is InChI=1S/C27H27F3N6O2/c1-18-4-5-22(36-26(37)21-8-10-33-24(15-21)27(28,29)30)14-19(18)6-9-32-17-23(31-2)20-7-11-34-25(16-20)35-12-13-38-3/h4-5,7-11,14-17H,2,6,12-13H2,1,3H3,(H,34,35)(H,36,37)/b23-17-,32-9?. The molecule has 0 aliphatic rings.